The first-order valence-electron chi connectivity index (χ1n) is 10.5. The number of nitrogens with two attached hydrogens (primary N) is 1. The SMILES string of the molecule is CC(C)CC(NC(=O)C(N)C(C)O)C(=O)NC(CCC(=O)O)C(=O)NC(C(=O)O)C(C)C. The molecule has 184 valence electrons. The summed E-state index contributed by atoms with van der Waals surface area (Å²) >= 11 is 0. The average molecular weight is 461 g/mol. The molecule has 0 aromatic heterocycles. The molecule has 0 bridgehead atoms. The lowest BCUT2D eigenvalue weighted by atomic mass is 10.0. The molecule has 5 atom stereocenters. The van der Waals surface area contributed by atoms with Gasteiger partial charge < -0.3 is 37.0 Å². The van der Waals surface area contributed by atoms with E-state index < -0.39 is 72.3 Å². The molecule has 3 amide bonds. The second kappa shape index (κ2) is 13.6. The van der Waals surface area contributed by atoms with E-state index in [0.717, 1.165) is 0 Å². The van der Waals surface area contributed by atoms with Gasteiger partial charge in [-0.05, 0) is 31.6 Å². The van der Waals surface area contributed by atoms with Crippen LogP contribution in [0.3, 0.4) is 0 Å². The number of amides is 3. The van der Waals surface area contributed by atoms with Crippen molar-refractivity contribution >= 4 is 29.7 Å². The van der Waals surface area contributed by atoms with Gasteiger partial charge in [-0.3, -0.25) is 19.2 Å². The van der Waals surface area contributed by atoms with Crippen LogP contribution in [-0.4, -0.2) is 75.3 Å². The van der Waals surface area contributed by atoms with Crippen molar-refractivity contribution in [3.8, 4) is 0 Å². The summed E-state index contributed by atoms with van der Waals surface area (Å²) in [7, 11) is 0. The van der Waals surface area contributed by atoms with Crippen LogP contribution in [0.5, 0.6) is 0 Å². The van der Waals surface area contributed by atoms with E-state index in [4.69, 9.17) is 10.8 Å². The second-order valence-electron chi connectivity index (χ2n) is 8.52. The minimum atomic E-state index is -1.34. The zero-order valence-corrected chi connectivity index (χ0v) is 19.1. The lowest BCUT2D eigenvalue weighted by molar-refractivity contribution is -0.144. The molecule has 12 heteroatoms. The molecule has 0 spiro atoms. The highest BCUT2D eigenvalue weighted by atomic mass is 16.4. The molecule has 0 aliphatic rings. The number of rotatable bonds is 14. The molecule has 12 nitrogen and oxygen atoms in total. The minimum Gasteiger partial charge on any atom is -0.481 e. The van der Waals surface area contributed by atoms with Crippen LogP contribution in [0.4, 0.5) is 0 Å². The highest BCUT2D eigenvalue weighted by Crippen LogP contribution is 2.09. The topological polar surface area (TPSA) is 208 Å². The van der Waals surface area contributed by atoms with Crippen LogP contribution in [0.2, 0.25) is 0 Å². The van der Waals surface area contributed by atoms with Crippen LogP contribution in [0.15, 0.2) is 0 Å². The minimum absolute atomic E-state index is 0.0440. The van der Waals surface area contributed by atoms with Gasteiger partial charge in [0, 0.05) is 6.42 Å². The zero-order chi connectivity index (χ0) is 25.2. The molecular weight excluding hydrogens is 424 g/mol. The fraction of sp³-hybridized carbons (Fsp3) is 0.750. The summed E-state index contributed by atoms with van der Waals surface area (Å²) in [5.74, 6) is -5.35. The lowest BCUT2D eigenvalue weighted by Crippen LogP contribution is -2.58. The van der Waals surface area contributed by atoms with Gasteiger partial charge in [0.25, 0.3) is 0 Å². The summed E-state index contributed by atoms with van der Waals surface area (Å²) in [6.45, 7) is 8.10. The Morgan fingerprint density at radius 3 is 1.72 bits per heavy atom. The highest BCUT2D eigenvalue weighted by Gasteiger charge is 2.32. The van der Waals surface area contributed by atoms with Gasteiger partial charge in [-0.1, -0.05) is 27.7 Å². The van der Waals surface area contributed by atoms with Crippen LogP contribution >= 0.6 is 0 Å². The third-order valence-electron chi connectivity index (χ3n) is 4.67. The fourth-order valence-corrected chi connectivity index (χ4v) is 2.77. The Bertz CT molecular complexity index is 681. The van der Waals surface area contributed by atoms with E-state index >= 15 is 0 Å². The molecule has 8 N–H and O–H groups in total. The van der Waals surface area contributed by atoms with E-state index in [1.54, 1.807) is 27.7 Å². The van der Waals surface area contributed by atoms with Crippen LogP contribution in [-0.2, 0) is 24.0 Å². The normalized spacial score (nSPS) is 15.9. The maximum absolute atomic E-state index is 12.8. The van der Waals surface area contributed by atoms with E-state index in [1.807, 2.05) is 0 Å². The molecular formula is C20H36N4O8. The quantitative estimate of drug-likeness (QED) is 0.166. The van der Waals surface area contributed by atoms with E-state index in [-0.39, 0.29) is 18.8 Å². The Morgan fingerprint density at radius 1 is 0.812 bits per heavy atom. The lowest BCUT2D eigenvalue weighted by Gasteiger charge is -2.26. The van der Waals surface area contributed by atoms with E-state index in [0.29, 0.717) is 0 Å². The van der Waals surface area contributed by atoms with Crippen molar-refractivity contribution in [1.82, 2.24) is 16.0 Å². The largest absolute Gasteiger partial charge is 0.481 e. The Balaban J connectivity index is 5.58. The molecule has 0 radical (unpaired) electrons. The molecule has 32 heavy (non-hydrogen) atoms. The molecule has 0 aliphatic carbocycles. The first kappa shape index (κ1) is 29.3. The monoisotopic (exact) mass is 460 g/mol. The summed E-state index contributed by atoms with van der Waals surface area (Å²) in [5.41, 5.74) is 5.60. The van der Waals surface area contributed by atoms with Crippen molar-refractivity contribution in [3.05, 3.63) is 0 Å². The third-order valence-corrected chi connectivity index (χ3v) is 4.67. The maximum Gasteiger partial charge on any atom is 0.326 e. The third kappa shape index (κ3) is 10.5. The zero-order valence-electron chi connectivity index (χ0n) is 19.1. The Morgan fingerprint density at radius 2 is 1.31 bits per heavy atom. The van der Waals surface area contributed by atoms with Gasteiger partial charge in [-0.2, -0.15) is 0 Å². The molecule has 0 saturated heterocycles. The van der Waals surface area contributed by atoms with Crippen molar-refractivity contribution < 1.29 is 39.3 Å². The van der Waals surface area contributed by atoms with Crippen LogP contribution in [0.25, 0.3) is 0 Å². The van der Waals surface area contributed by atoms with E-state index in [2.05, 4.69) is 16.0 Å². The average Bonchev–Trinajstić information content (AvgIpc) is 2.66. The molecule has 0 fully saturated rings. The van der Waals surface area contributed by atoms with Gasteiger partial charge in [-0.15, -0.1) is 0 Å². The molecule has 0 aliphatic heterocycles. The number of carboxylic acid groups (broad SMARTS) is 2. The fourth-order valence-electron chi connectivity index (χ4n) is 2.77. The standard InChI is InChI=1S/C20H36N4O8/c1-9(2)8-13(23-19(30)15(21)11(5)25)18(29)22-12(6-7-14(26)27)17(28)24-16(10(3)4)20(31)32/h9-13,15-16,25H,6-8,21H2,1-5H3,(H,22,29)(H,23,30)(H,24,28)(H,26,27)(H,31,32). The predicted octanol–water partition coefficient (Wildman–Crippen LogP) is -1.20. The smallest absolute Gasteiger partial charge is 0.326 e. The molecule has 5 unspecified atom stereocenters. The number of aliphatic hydroxyl groups excluding tert-OH is 1. The van der Waals surface area contributed by atoms with Crippen molar-refractivity contribution in [1.29, 1.82) is 0 Å². The predicted molar refractivity (Wildman–Crippen MR) is 114 cm³/mol. The maximum atomic E-state index is 12.8. The van der Waals surface area contributed by atoms with E-state index in [9.17, 15) is 34.2 Å². The summed E-state index contributed by atoms with van der Waals surface area (Å²) in [6.07, 6.45) is -1.71. The van der Waals surface area contributed by atoms with Crippen molar-refractivity contribution in [3.63, 3.8) is 0 Å². The van der Waals surface area contributed by atoms with Gasteiger partial charge in [0.05, 0.1) is 6.10 Å². The molecule has 0 aromatic carbocycles. The summed E-state index contributed by atoms with van der Waals surface area (Å²) in [4.78, 5) is 60.1. The van der Waals surface area contributed by atoms with Gasteiger partial charge >= 0.3 is 11.9 Å². The molecule has 0 aromatic rings. The number of carbonyl (C=O) groups is 5. The van der Waals surface area contributed by atoms with Crippen molar-refractivity contribution in [2.75, 3.05) is 0 Å². The van der Waals surface area contributed by atoms with Crippen LogP contribution in [0.1, 0.15) is 53.9 Å². The van der Waals surface area contributed by atoms with Crippen LogP contribution < -0.4 is 21.7 Å². The van der Waals surface area contributed by atoms with Gasteiger partial charge in [0.15, 0.2) is 0 Å². The number of aliphatic hydroxyl groups is 1. The number of hydrogen-bond donors (Lipinski definition) is 7. The number of hydrogen-bond acceptors (Lipinski definition) is 7. The number of carboxylic acids is 2. The van der Waals surface area contributed by atoms with Gasteiger partial charge in [0.1, 0.15) is 24.2 Å². The number of nitrogens with one attached hydrogen (secondary N) is 3. The molecule has 0 heterocycles. The second-order valence-corrected chi connectivity index (χ2v) is 8.52. The van der Waals surface area contributed by atoms with E-state index in [1.165, 1.54) is 6.92 Å². The number of carbonyl (C=O) groups excluding carboxylic acids is 3. The van der Waals surface area contributed by atoms with Gasteiger partial charge in [0.2, 0.25) is 17.7 Å². The Hall–Kier alpha value is -2.73. The first-order valence-corrected chi connectivity index (χ1v) is 10.5. The summed E-state index contributed by atoms with van der Waals surface area (Å²) in [5, 5.41) is 34.9. The first-order chi connectivity index (χ1) is 14.7. The Labute approximate surface area is 187 Å². The summed E-state index contributed by atoms with van der Waals surface area (Å²) < 4.78 is 0. The number of aliphatic carboxylic acids is 2. The van der Waals surface area contributed by atoms with Crippen molar-refractivity contribution in [2.45, 2.75) is 84.2 Å². The van der Waals surface area contributed by atoms with Crippen LogP contribution in [0, 0.1) is 11.8 Å². The highest BCUT2D eigenvalue weighted by molar-refractivity contribution is 5.94. The summed E-state index contributed by atoms with van der Waals surface area (Å²) in [6, 6.07) is -4.95. The van der Waals surface area contributed by atoms with Crippen molar-refractivity contribution in [2.24, 2.45) is 17.6 Å². The molecule has 0 rings (SSSR count). The van der Waals surface area contributed by atoms with Gasteiger partial charge in [-0.25, -0.2) is 4.79 Å². The Kier molecular flexibility index (Phi) is 12.5. The molecule has 0 saturated carbocycles.